The maximum Gasteiger partial charge on any atom is 0.0963 e. The van der Waals surface area contributed by atoms with Gasteiger partial charge in [-0.1, -0.05) is 26.7 Å². The van der Waals surface area contributed by atoms with Gasteiger partial charge in [0, 0.05) is 5.56 Å². The van der Waals surface area contributed by atoms with E-state index in [1.165, 1.54) is 6.42 Å². The Morgan fingerprint density at radius 1 is 1.57 bits per heavy atom. The molecule has 0 aliphatic heterocycles. The minimum Gasteiger partial charge on any atom is -0.472 e. The summed E-state index contributed by atoms with van der Waals surface area (Å²) >= 11 is 0. The smallest absolute Gasteiger partial charge is 0.0963 e. The van der Waals surface area contributed by atoms with E-state index in [4.69, 9.17) is 4.42 Å². The lowest BCUT2D eigenvalue weighted by Gasteiger charge is -2.25. The van der Waals surface area contributed by atoms with Crippen molar-refractivity contribution in [1.82, 2.24) is 0 Å². The van der Waals surface area contributed by atoms with E-state index in [0.717, 1.165) is 18.4 Å². The van der Waals surface area contributed by atoms with Crippen molar-refractivity contribution in [2.75, 3.05) is 0 Å². The molecule has 2 nitrogen and oxygen atoms in total. The Morgan fingerprint density at radius 2 is 2.29 bits per heavy atom. The molecule has 2 atom stereocenters. The second kappa shape index (κ2) is 4.65. The fourth-order valence-corrected chi connectivity index (χ4v) is 1.96. The van der Waals surface area contributed by atoms with Crippen LogP contribution in [-0.4, -0.2) is 5.11 Å². The molecule has 80 valence electrons. The highest BCUT2D eigenvalue weighted by Crippen LogP contribution is 2.29. The molecule has 1 aromatic heterocycles. The Kier molecular flexibility index (Phi) is 3.76. The molecule has 0 bridgehead atoms. The summed E-state index contributed by atoms with van der Waals surface area (Å²) in [6.07, 6.45) is 6.35. The van der Waals surface area contributed by atoms with Crippen LogP contribution in [0.15, 0.2) is 23.0 Å². The Morgan fingerprint density at radius 3 is 2.79 bits per heavy atom. The third-order valence-electron chi connectivity index (χ3n) is 2.67. The van der Waals surface area contributed by atoms with E-state index in [0.29, 0.717) is 5.92 Å². The van der Waals surface area contributed by atoms with E-state index in [2.05, 4.69) is 13.8 Å². The number of furan rings is 1. The largest absolute Gasteiger partial charge is 0.472 e. The quantitative estimate of drug-likeness (QED) is 0.783. The Hall–Kier alpha value is -0.760. The van der Waals surface area contributed by atoms with Gasteiger partial charge in [-0.05, 0) is 25.3 Å². The zero-order valence-corrected chi connectivity index (χ0v) is 9.29. The highest BCUT2D eigenvalue weighted by molar-refractivity contribution is 5.14. The maximum absolute atomic E-state index is 10.2. The van der Waals surface area contributed by atoms with Crippen molar-refractivity contribution in [1.29, 1.82) is 0 Å². The van der Waals surface area contributed by atoms with Gasteiger partial charge in [0.15, 0.2) is 0 Å². The normalized spacial score (nSPS) is 17.7. The Labute approximate surface area is 85.9 Å². The van der Waals surface area contributed by atoms with Crippen LogP contribution in [0.4, 0.5) is 0 Å². The second-order valence-electron chi connectivity index (χ2n) is 4.38. The molecule has 0 saturated carbocycles. The molecule has 0 aliphatic rings. The second-order valence-corrected chi connectivity index (χ2v) is 4.38. The van der Waals surface area contributed by atoms with E-state index in [9.17, 15) is 5.11 Å². The van der Waals surface area contributed by atoms with Crippen LogP contribution in [0, 0.1) is 5.92 Å². The molecular weight excluding hydrogens is 176 g/mol. The van der Waals surface area contributed by atoms with Crippen LogP contribution >= 0.6 is 0 Å². The molecule has 0 spiro atoms. The van der Waals surface area contributed by atoms with Crippen molar-refractivity contribution in [3.8, 4) is 0 Å². The minimum atomic E-state index is -0.748. The highest BCUT2D eigenvalue weighted by Gasteiger charge is 2.26. The number of aliphatic hydroxyl groups is 1. The Balaban J connectivity index is 2.58. The van der Waals surface area contributed by atoms with Gasteiger partial charge in [0.2, 0.25) is 0 Å². The van der Waals surface area contributed by atoms with Gasteiger partial charge in [0.05, 0.1) is 18.1 Å². The zero-order valence-electron chi connectivity index (χ0n) is 9.29. The summed E-state index contributed by atoms with van der Waals surface area (Å²) in [5.41, 5.74) is 0.127. The van der Waals surface area contributed by atoms with Crippen molar-refractivity contribution in [2.45, 2.75) is 45.6 Å². The summed E-state index contributed by atoms with van der Waals surface area (Å²) in [7, 11) is 0. The van der Waals surface area contributed by atoms with Crippen molar-refractivity contribution < 1.29 is 9.52 Å². The highest BCUT2D eigenvalue weighted by atomic mass is 16.3. The predicted molar refractivity (Wildman–Crippen MR) is 57.0 cm³/mol. The van der Waals surface area contributed by atoms with Gasteiger partial charge in [-0.15, -0.1) is 0 Å². The lowest BCUT2D eigenvalue weighted by atomic mass is 9.86. The molecular formula is C12H20O2. The van der Waals surface area contributed by atoms with Gasteiger partial charge in [0.1, 0.15) is 0 Å². The molecule has 2 unspecified atom stereocenters. The first-order chi connectivity index (χ1) is 6.56. The van der Waals surface area contributed by atoms with Crippen LogP contribution in [0.5, 0.6) is 0 Å². The van der Waals surface area contributed by atoms with Crippen molar-refractivity contribution in [2.24, 2.45) is 5.92 Å². The van der Waals surface area contributed by atoms with Crippen molar-refractivity contribution in [3.63, 3.8) is 0 Å². The summed E-state index contributed by atoms with van der Waals surface area (Å²) in [4.78, 5) is 0. The first-order valence-corrected chi connectivity index (χ1v) is 5.31. The molecule has 1 rings (SSSR count). The Bertz CT molecular complexity index is 249. The van der Waals surface area contributed by atoms with Gasteiger partial charge < -0.3 is 9.52 Å². The van der Waals surface area contributed by atoms with E-state index in [1.807, 2.05) is 13.0 Å². The van der Waals surface area contributed by atoms with Crippen molar-refractivity contribution >= 4 is 0 Å². The third-order valence-corrected chi connectivity index (χ3v) is 2.67. The lowest BCUT2D eigenvalue weighted by Crippen LogP contribution is -2.23. The predicted octanol–water partition coefficient (Wildman–Crippen LogP) is 3.31. The molecule has 0 aromatic carbocycles. The number of hydrogen-bond donors (Lipinski definition) is 1. The molecule has 0 fully saturated rings. The summed E-state index contributed by atoms with van der Waals surface area (Å²) in [6, 6.07) is 1.83. The molecule has 0 amide bonds. The first kappa shape index (κ1) is 11.3. The SMILES string of the molecule is CCCC(C)CC(C)(O)c1ccoc1. The fraction of sp³-hybridized carbons (Fsp3) is 0.667. The summed E-state index contributed by atoms with van der Waals surface area (Å²) in [5.74, 6) is 0.546. The molecule has 1 aromatic rings. The standard InChI is InChI=1S/C12H20O2/c1-4-5-10(2)8-12(3,13)11-6-7-14-9-11/h6-7,9-10,13H,4-5,8H2,1-3H3. The molecule has 1 N–H and O–H groups in total. The zero-order chi connectivity index (χ0) is 10.6. The average molecular weight is 196 g/mol. The summed E-state index contributed by atoms with van der Waals surface area (Å²) < 4.78 is 4.98. The van der Waals surface area contributed by atoms with Crippen LogP contribution < -0.4 is 0 Å². The van der Waals surface area contributed by atoms with Crippen LogP contribution in [0.2, 0.25) is 0 Å². The van der Waals surface area contributed by atoms with Gasteiger partial charge >= 0.3 is 0 Å². The summed E-state index contributed by atoms with van der Waals surface area (Å²) in [6.45, 7) is 6.20. The van der Waals surface area contributed by atoms with Gasteiger partial charge in [-0.2, -0.15) is 0 Å². The molecule has 14 heavy (non-hydrogen) atoms. The van der Waals surface area contributed by atoms with E-state index in [1.54, 1.807) is 12.5 Å². The third kappa shape index (κ3) is 2.88. The molecule has 0 saturated heterocycles. The monoisotopic (exact) mass is 196 g/mol. The van der Waals surface area contributed by atoms with Gasteiger partial charge in [-0.3, -0.25) is 0 Å². The minimum absolute atomic E-state index is 0.546. The van der Waals surface area contributed by atoms with E-state index in [-0.39, 0.29) is 0 Å². The number of rotatable bonds is 5. The lowest BCUT2D eigenvalue weighted by molar-refractivity contribution is 0.0306. The topological polar surface area (TPSA) is 33.4 Å². The van der Waals surface area contributed by atoms with Gasteiger partial charge in [-0.25, -0.2) is 0 Å². The maximum atomic E-state index is 10.2. The van der Waals surface area contributed by atoms with Crippen LogP contribution in [0.3, 0.4) is 0 Å². The first-order valence-electron chi connectivity index (χ1n) is 5.31. The molecule has 0 aliphatic carbocycles. The van der Waals surface area contributed by atoms with Crippen molar-refractivity contribution in [3.05, 3.63) is 24.2 Å². The number of hydrogen-bond acceptors (Lipinski definition) is 2. The van der Waals surface area contributed by atoms with E-state index >= 15 is 0 Å². The molecule has 0 radical (unpaired) electrons. The van der Waals surface area contributed by atoms with Crippen LogP contribution in [0.1, 0.15) is 45.6 Å². The van der Waals surface area contributed by atoms with Gasteiger partial charge in [0.25, 0.3) is 0 Å². The molecule has 2 heteroatoms. The fourth-order valence-electron chi connectivity index (χ4n) is 1.96. The van der Waals surface area contributed by atoms with Crippen LogP contribution in [0.25, 0.3) is 0 Å². The average Bonchev–Trinajstić information content (AvgIpc) is 2.54. The molecule has 1 heterocycles. The van der Waals surface area contributed by atoms with E-state index < -0.39 is 5.60 Å². The van der Waals surface area contributed by atoms with Crippen LogP contribution in [-0.2, 0) is 5.60 Å². The summed E-state index contributed by atoms with van der Waals surface area (Å²) in [5, 5.41) is 10.2.